The van der Waals surface area contributed by atoms with E-state index in [2.05, 4.69) is 45.0 Å². The zero-order chi connectivity index (χ0) is 13.9. The fourth-order valence-electron chi connectivity index (χ4n) is 1.89. The van der Waals surface area contributed by atoms with Gasteiger partial charge in [-0.05, 0) is 35.2 Å². The molecule has 0 aliphatic carbocycles. The molecule has 2 N–H and O–H groups in total. The van der Waals surface area contributed by atoms with Gasteiger partial charge in [0.2, 0.25) is 0 Å². The first-order valence-corrected chi connectivity index (χ1v) is 7.39. The molecule has 0 aliphatic rings. The number of benzene rings is 1. The van der Waals surface area contributed by atoms with E-state index in [0.717, 1.165) is 5.76 Å². The highest BCUT2D eigenvalue weighted by molar-refractivity contribution is 7.99. The number of rotatable bonds is 4. The predicted molar refractivity (Wildman–Crippen MR) is 81.5 cm³/mol. The summed E-state index contributed by atoms with van der Waals surface area (Å²) in [6.07, 6.45) is 1.70. The standard InChI is InChI=1S/C16H21NOS/c1-16(2,3)12-6-8-13(9-7-12)19-15(11-17)14-5-4-10-18-14/h4-10,15H,11,17H2,1-3H3. The lowest BCUT2D eigenvalue weighted by Crippen LogP contribution is -2.11. The van der Waals surface area contributed by atoms with Crippen molar-refractivity contribution in [3.63, 3.8) is 0 Å². The lowest BCUT2D eigenvalue weighted by Gasteiger charge is -2.19. The second kappa shape index (κ2) is 5.85. The molecule has 1 unspecified atom stereocenters. The van der Waals surface area contributed by atoms with Crippen LogP contribution in [0.25, 0.3) is 0 Å². The second-order valence-electron chi connectivity index (χ2n) is 5.63. The summed E-state index contributed by atoms with van der Waals surface area (Å²) in [7, 11) is 0. The van der Waals surface area contributed by atoms with Crippen LogP contribution in [0.1, 0.15) is 37.3 Å². The van der Waals surface area contributed by atoms with E-state index in [1.807, 2.05) is 12.1 Å². The molecule has 3 heteroatoms. The van der Waals surface area contributed by atoms with Gasteiger partial charge in [-0.15, -0.1) is 11.8 Å². The summed E-state index contributed by atoms with van der Waals surface area (Å²) in [6, 6.07) is 12.6. The van der Waals surface area contributed by atoms with E-state index >= 15 is 0 Å². The maximum atomic E-state index is 5.83. The van der Waals surface area contributed by atoms with Gasteiger partial charge < -0.3 is 10.2 Å². The van der Waals surface area contributed by atoms with Gasteiger partial charge in [0, 0.05) is 11.4 Å². The number of nitrogens with two attached hydrogens (primary N) is 1. The molecule has 1 atom stereocenters. The molecular formula is C16H21NOS. The van der Waals surface area contributed by atoms with Crippen LogP contribution in [-0.2, 0) is 5.41 Å². The highest BCUT2D eigenvalue weighted by Crippen LogP contribution is 2.35. The molecule has 0 bridgehead atoms. The molecule has 2 rings (SSSR count). The molecule has 2 nitrogen and oxygen atoms in total. The normalized spacial score (nSPS) is 13.5. The van der Waals surface area contributed by atoms with E-state index in [1.165, 1.54) is 10.5 Å². The quantitative estimate of drug-likeness (QED) is 0.842. The zero-order valence-corrected chi connectivity index (χ0v) is 12.5. The summed E-state index contributed by atoms with van der Waals surface area (Å²) in [5.74, 6) is 0.937. The van der Waals surface area contributed by atoms with Gasteiger partial charge in [0.05, 0.1) is 11.5 Å². The van der Waals surface area contributed by atoms with Crippen molar-refractivity contribution >= 4 is 11.8 Å². The van der Waals surface area contributed by atoms with E-state index in [0.29, 0.717) is 6.54 Å². The maximum absolute atomic E-state index is 5.83. The van der Waals surface area contributed by atoms with Crippen LogP contribution < -0.4 is 5.73 Å². The van der Waals surface area contributed by atoms with Gasteiger partial charge in [-0.25, -0.2) is 0 Å². The highest BCUT2D eigenvalue weighted by Gasteiger charge is 2.16. The molecule has 0 fully saturated rings. The molecular weight excluding hydrogens is 254 g/mol. The molecule has 0 aliphatic heterocycles. The highest BCUT2D eigenvalue weighted by atomic mass is 32.2. The summed E-state index contributed by atoms with van der Waals surface area (Å²) in [6.45, 7) is 7.24. The first-order valence-electron chi connectivity index (χ1n) is 6.51. The van der Waals surface area contributed by atoms with Crippen LogP contribution in [0.2, 0.25) is 0 Å². The summed E-state index contributed by atoms with van der Waals surface area (Å²) in [5.41, 5.74) is 7.37. The Morgan fingerprint density at radius 1 is 1.16 bits per heavy atom. The Hall–Kier alpha value is -1.19. The van der Waals surface area contributed by atoms with Crippen LogP contribution in [0, 0.1) is 0 Å². The Morgan fingerprint density at radius 3 is 2.32 bits per heavy atom. The monoisotopic (exact) mass is 275 g/mol. The SMILES string of the molecule is CC(C)(C)c1ccc(SC(CN)c2ccco2)cc1. The fourth-order valence-corrected chi connectivity index (χ4v) is 2.86. The molecule has 0 amide bonds. The molecule has 0 radical (unpaired) electrons. The van der Waals surface area contributed by atoms with Crippen LogP contribution in [0.5, 0.6) is 0 Å². The van der Waals surface area contributed by atoms with Gasteiger partial charge in [0.1, 0.15) is 5.76 Å². The van der Waals surface area contributed by atoms with Crippen molar-refractivity contribution < 1.29 is 4.42 Å². The number of thioether (sulfide) groups is 1. The molecule has 19 heavy (non-hydrogen) atoms. The smallest absolute Gasteiger partial charge is 0.118 e. The minimum atomic E-state index is 0.176. The lowest BCUT2D eigenvalue weighted by atomic mass is 9.87. The molecule has 102 valence electrons. The Bertz CT molecular complexity index is 497. The van der Waals surface area contributed by atoms with E-state index in [1.54, 1.807) is 18.0 Å². The molecule has 1 aromatic carbocycles. The topological polar surface area (TPSA) is 39.2 Å². The van der Waals surface area contributed by atoms with Crippen molar-refractivity contribution in [3.8, 4) is 0 Å². The number of furan rings is 1. The van der Waals surface area contributed by atoms with Crippen molar-refractivity contribution in [1.29, 1.82) is 0 Å². The van der Waals surface area contributed by atoms with E-state index in [9.17, 15) is 0 Å². The second-order valence-corrected chi connectivity index (χ2v) is 6.91. The van der Waals surface area contributed by atoms with Crippen LogP contribution in [0.4, 0.5) is 0 Å². The molecule has 0 spiro atoms. The first kappa shape index (κ1) is 14.2. The van der Waals surface area contributed by atoms with E-state index < -0.39 is 0 Å². The summed E-state index contributed by atoms with van der Waals surface area (Å²) >= 11 is 1.75. The average molecular weight is 275 g/mol. The first-order chi connectivity index (χ1) is 9.00. The summed E-state index contributed by atoms with van der Waals surface area (Å²) < 4.78 is 5.44. The Kier molecular flexibility index (Phi) is 4.38. The van der Waals surface area contributed by atoms with Gasteiger partial charge in [0.15, 0.2) is 0 Å². The molecule has 1 aromatic heterocycles. The molecule has 0 saturated heterocycles. The minimum absolute atomic E-state index is 0.176. The van der Waals surface area contributed by atoms with Gasteiger partial charge >= 0.3 is 0 Å². The van der Waals surface area contributed by atoms with Gasteiger partial charge in [-0.3, -0.25) is 0 Å². The number of hydrogen-bond acceptors (Lipinski definition) is 3. The van der Waals surface area contributed by atoms with Crippen LogP contribution in [-0.4, -0.2) is 6.54 Å². The van der Waals surface area contributed by atoms with Gasteiger partial charge in [0.25, 0.3) is 0 Å². The van der Waals surface area contributed by atoms with E-state index in [4.69, 9.17) is 10.2 Å². The molecule has 1 heterocycles. The van der Waals surface area contributed by atoms with Gasteiger partial charge in [-0.1, -0.05) is 32.9 Å². The Balaban J connectivity index is 2.11. The van der Waals surface area contributed by atoms with Crippen molar-refractivity contribution in [2.24, 2.45) is 5.73 Å². The number of hydrogen-bond donors (Lipinski definition) is 1. The predicted octanol–water partition coefficient (Wildman–Crippen LogP) is 4.37. The van der Waals surface area contributed by atoms with Gasteiger partial charge in [-0.2, -0.15) is 0 Å². The third-order valence-electron chi connectivity index (χ3n) is 3.07. The minimum Gasteiger partial charge on any atom is -0.468 e. The van der Waals surface area contributed by atoms with Crippen molar-refractivity contribution in [1.82, 2.24) is 0 Å². The third kappa shape index (κ3) is 3.64. The van der Waals surface area contributed by atoms with E-state index in [-0.39, 0.29) is 10.7 Å². The van der Waals surface area contributed by atoms with Crippen LogP contribution in [0.15, 0.2) is 52.0 Å². The lowest BCUT2D eigenvalue weighted by molar-refractivity contribution is 0.507. The fraction of sp³-hybridized carbons (Fsp3) is 0.375. The maximum Gasteiger partial charge on any atom is 0.118 e. The zero-order valence-electron chi connectivity index (χ0n) is 11.7. The molecule has 2 aromatic rings. The Labute approximate surface area is 119 Å². The van der Waals surface area contributed by atoms with Crippen molar-refractivity contribution in [2.75, 3.05) is 6.54 Å². The average Bonchev–Trinajstić information content (AvgIpc) is 2.89. The molecule has 0 saturated carbocycles. The third-order valence-corrected chi connectivity index (χ3v) is 4.33. The van der Waals surface area contributed by atoms with Crippen LogP contribution in [0.3, 0.4) is 0 Å². The summed E-state index contributed by atoms with van der Waals surface area (Å²) in [4.78, 5) is 1.22. The summed E-state index contributed by atoms with van der Waals surface area (Å²) in [5, 5.41) is 0.176. The van der Waals surface area contributed by atoms with Crippen molar-refractivity contribution in [2.45, 2.75) is 36.3 Å². The van der Waals surface area contributed by atoms with Crippen LogP contribution >= 0.6 is 11.8 Å². The largest absolute Gasteiger partial charge is 0.468 e. The Morgan fingerprint density at radius 2 is 1.84 bits per heavy atom. The van der Waals surface area contributed by atoms with Crippen molar-refractivity contribution in [3.05, 3.63) is 54.0 Å².